The number of ketones is 1. The summed E-state index contributed by atoms with van der Waals surface area (Å²) in [5.41, 5.74) is 0.423. The third-order valence-corrected chi connectivity index (χ3v) is 6.04. The summed E-state index contributed by atoms with van der Waals surface area (Å²) in [6.45, 7) is 3.87. The van der Waals surface area contributed by atoms with Crippen molar-refractivity contribution in [2.75, 3.05) is 11.3 Å². The van der Waals surface area contributed by atoms with Gasteiger partial charge in [0.25, 0.3) is 10.0 Å². The van der Waals surface area contributed by atoms with Gasteiger partial charge in [-0.3, -0.25) is 9.52 Å². The number of rotatable bonds is 8. The van der Waals surface area contributed by atoms with Crippen molar-refractivity contribution in [2.45, 2.75) is 4.90 Å². The van der Waals surface area contributed by atoms with Crippen LogP contribution in [0.1, 0.15) is 15.9 Å². The second-order valence-corrected chi connectivity index (χ2v) is 8.70. The number of benzene rings is 3. The minimum atomic E-state index is -3.97. The molecule has 0 bridgehead atoms. The van der Waals surface area contributed by atoms with Crippen molar-refractivity contribution < 1.29 is 17.9 Å². The van der Waals surface area contributed by atoms with E-state index in [9.17, 15) is 13.2 Å². The Kier molecular flexibility index (Phi) is 6.82. The first-order valence-corrected chi connectivity index (χ1v) is 11.0. The number of halogens is 2. The molecule has 0 spiro atoms. The van der Waals surface area contributed by atoms with Gasteiger partial charge in [0.2, 0.25) is 0 Å². The zero-order valence-corrected chi connectivity index (χ0v) is 18.0. The number of carbonyl (C=O) groups is 1. The van der Waals surface area contributed by atoms with Gasteiger partial charge < -0.3 is 4.74 Å². The van der Waals surface area contributed by atoms with Crippen LogP contribution in [-0.2, 0) is 10.0 Å². The van der Waals surface area contributed by atoms with Gasteiger partial charge in [-0.25, -0.2) is 8.42 Å². The summed E-state index contributed by atoms with van der Waals surface area (Å²) in [5, 5.41) is 0.545. The van der Waals surface area contributed by atoms with E-state index in [0.717, 1.165) is 0 Å². The molecule has 0 radical (unpaired) electrons. The largest absolute Gasteiger partial charge is 0.490 e. The summed E-state index contributed by atoms with van der Waals surface area (Å²) in [6, 6.07) is 16.7. The average molecular weight is 462 g/mol. The zero-order chi connectivity index (χ0) is 21.7. The van der Waals surface area contributed by atoms with Crippen molar-refractivity contribution in [3.05, 3.63) is 101 Å². The van der Waals surface area contributed by atoms with Gasteiger partial charge in [-0.15, -0.1) is 0 Å². The van der Waals surface area contributed by atoms with Crippen molar-refractivity contribution in [3.8, 4) is 5.75 Å². The fourth-order valence-corrected chi connectivity index (χ4v) is 4.13. The van der Waals surface area contributed by atoms with Crippen molar-refractivity contribution >= 4 is 44.7 Å². The Balaban J connectivity index is 1.94. The van der Waals surface area contributed by atoms with E-state index in [2.05, 4.69) is 11.3 Å². The Morgan fingerprint density at radius 2 is 1.70 bits per heavy atom. The van der Waals surface area contributed by atoms with Crippen LogP contribution in [0.2, 0.25) is 10.0 Å². The van der Waals surface area contributed by atoms with E-state index in [1.54, 1.807) is 30.3 Å². The standard InChI is InChI=1S/C22H17Cl2NO4S/c1-2-13-29-16-8-10-17(11-9-16)30(27,28)25-21-12-7-15(23)14-19(21)22(26)18-5-3-4-6-20(18)24/h2-12,14,25H,1,13H2. The van der Waals surface area contributed by atoms with Crippen LogP contribution >= 0.6 is 23.2 Å². The molecule has 0 saturated carbocycles. The third-order valence-electron chi connectivity index (χ3n) is 4.09. The lowest BCUT2D eigenvalue weighted by molar-refractivity contribution is 0.103. The quantitative estimate of drug-likeness (QED) is 0.350. The van der Waals surface area contributed by atoms with Crippen LogP contribution in [-0.4, -0.2) is 20.8 Å². The summed E-state index contributed by atoms with van der Waals surface area (Å²) >= 11 is 12.2. The maximum absolute atomic E-state index is 13.0. The van der Waals surface area contributed by atoms with Crippen LogP contribution in [0.25, 0.3) is 0 Å². The van der Waals surface area contributed by atoms with Gasteiger partial charge in [0.15, 0.2) is 5.78 Å². The molecule has 0 aliphatic heterocycles. The monoisotopic (exact) mass is 461 g/mol. The number of ether oxygens (including phenoxy) is 1. The van der Waals surface area contributed by atoms with E-state index >= 15 is 0 Å². The molecule has 0 saturated heterocycles. The number of anilines is 1. The summed E-state index contributed by atoms with van der Waals surface area (Å²) in [5.74, 6) is 0.0592. The average Bonchev–Trinajstić information content (AvgIpc) is 2.73. The lowest BCUT2D eigenvalue weighted by Crippen LogP contribution is -2.16. The maximum Gasteiger partial charge on any atom is 0.261 e. The summed E-state index contributed by atoms with van der Waals surface area (Å²) in [6.07, 6.45) is 1.59. The van der Waals surface area contributed by atoms with Crippen molar-refractivity contribution in [2.24, 2.45) is 0 Å². The van der Waals surface area contributed by atoms with Gasteiger partial charge in [-0.05, 0) is 54.6 Å². The number of sulfonamides is 1. The molecule has 0 atom stereocenters. The zero-order valence-electron chi connectivity index (χ0n) is 15.6. The topological polar surface area (TPSA) is 72.5 Å². The highest BCUT2D eigenvalue weighted by atomic mass is 35.5. The smallest absolute Gasteiger partial charge is 0.261 e. The van der Waals surface area contributed by atoms with Crippen LogP contribution in [0, 0.1) is 0 Å². The molecule has 5 nitrogen and oxygen atoms in total. The predicted octanol–water partition coefficient (Wildman–Crippen LogP) is 5.59. The fourth-order valence-electron chi connectivity index (χ4n) is 2.66. The first-order valence-electron chi connectivity index (χ1n) is 8.77. The molecular formula is C22H17Cl2NO4S. The molecule has 0 amide bonds. The van der Waals surface area contributed by atoms with Crippen LogP contribution in [0.4, 0.5) is 5.69 Å². The number of carbonyl (C=O) groups excluding carboxylic acids is 1. The van der Waals surface area contributed by atoms with Gasteiger partial charge in [0, 0.05) is 16.1 Å². The highest BCUT2D eigenvalue weighted by molar-refractivity contribution is 7.92. The van der Waals surface area contributed by atoms with Crippen LogP contribution in [0.15, 0.2) is 84.3 Å². The summed E-state index contributed by atoms with van der Waals surface area (Å²) < 4.78 is 33.5. The molecule has 3 aromatic carbocycles. The second kappa shape index (κ2) is 9.34. The number of hydrogen-bond acceptors (Lipinski definition) is 4. The van der Waals surface area contributed by atoms with Crippen LogP contribution in [0.3, 0.4) is 0 Å². The molecule has 0 aromatic heterocycles. The predicted molar refractivity (Wildman–Crippen MR) is 119 cm³/mol. The summed E-state index contributed by atoms with van der Waals surface area (Å²) in [7, 11) is -3.97. The normalized spacial score (nSPS) is 11.0. The molecule has 154 valence electrons. The SMILES string of the molecule is C=CCOc1ccc(S(=O)(=O)Nc2ccc(Cl)cc2C(=O)c2ccccc2Cl)cc1. The number of nitrogens with one attached hydrogen (secondary N) is 1. The molecule has 8 heteroatoms. The first-order chi connectivity index (χ1) is 14.3. The molecule has 0 aliphatic carbocycles. The third kappa shape index (κ3) is 5.02. The Hall–Kier alpha value is -2.80. The molecule has 30 heavy (non-hydrogen) atoms. The molecule has 3 aromatic rings. The molecule has 3 rings (SSSR count). The Bertz CT molecular complexity index is 1190. The fraction of sp³-hybridized carbons (Fsp3) is 0.0455. The van der Waals surface area contributed by atoms with E-state index in [4.69, 9.17) is 27.9 Å². The molecule has 0 unspecified atom stereocenters. The van der Waals surface area contributed by atoms with Gasteiger partial charge in [0.1, 0.15) is 12.4 Å². The van der Waals surface area contributed by atoms with Crippen molar-refractivity contribution in [1.29, 1.82) is 0 Å². The van der Waals surface area contributed by atoms with Gasteiger partial charge in [0.05, 0.1) is 15.6 Å². The Labute approximate surface area is 185 Å². The minimum Gasteiger partial charge on any atom is -0.490 e. The molecule has 0 heterocycles. The molecule has 1 N–H and O–H groups in total. The lowest BCUT2D eigenvalue weighted by Gasteiger charge is -2.13. The van der Waals surface area contributed by atoms with E-state index in [1.165, 1.54) is 42.5 Å². The Morgan fingerprint density at radius 1 is 1.00 bits per heavy atom. The van der Waals surface area contributed by atoms with E-state index in [0.29, 0.717) is 12.4 Å². The van der Waals surface area contributed by atoms with E-state index < -0.39 is 15.8 Å². The van der Waals surface area contributed by atoms with Crippen LogP contribution < -0.4 is 9.46 Å². The van der Waals surface area contributed by atoms with Gasteiger partial charge in [-0.1, -0.05) is 48.0 Å². The maximum atomic E-state index is 13.0. The van der Waals surface area contributed by atoms with E-state index in [1.807, 2.05) is 0 Å². The molecule has 0 aliphatic rings. The first kappa shape index (κ1) is 21.9. The lowest BCUT2D eigenvalue weighted by atomic mass is 10.0. The number of hydrogen-bond donors (Lipinski definition) is 1. The highest BCUT2D eigenvalue weighted by Gasteiger charge is 2.21. The van der Waals surface area contributed by atoms with Crippen LogP contribution in [0.5, 0.6) is 5.75 Å². The summed E-state index contributed by atoms with van der Waals surface area (Å²) in [4.78, 5) is 13.0. The highest BCUT2D eigenvalue weighted by Crippen LogP contribution is 2.28. The van der Waals surface area contributed by atoms with Gasteiger partial charge in [-0.2, -0.15) is 0 Å². The molecule has 0 fully saturated rings. The van der Waals surface area contributed by atoms with Gasteiger partial charge >= 0.3 is 0 Å². The second-order valence-electron chi connectivity index (χ2n) is 6.18. The van der Waals surface area contributed by atoms with Crippen molar-refractivity contribution in [1.82, 2.24) is 0 Å². The van der Waals surface area contributed by atoms with Crippen molar-refractivity contribution in [3.63, 3.8) is 0 Å². The minimum absolute atomic E-state index is 0.0135. The Morgan fingerprint density at radius 3 is 2.37 bits per heavy atom. The van der Waals surface area contributed by atoms with E-state index in [-0.39, 0.29) is 31.8 Å². The molecular weight excluding hydrogens is 445 g/mol.